The summed E-state index contributed by atoms with van der Waals surface area (Å²) in [6.07, 6.45) is 2.00. The third-order valence-corrected chi connectivity index (χ3v) is 2.74. The lowest BCUT2D eigenvalue weighted by atomic mass is 10.1. The van der Waals surface area contributed by atoms with E-state index in [1.54, 1.807) is 6.07 Å². The summed E-state index contributed by atoms with van der Waals surface area (Å²) < 4.78 is 7.78. The highest BCUT2D eigenvalue weighted by molar-refractivity contribution is 5.85. The Morgan fingerprint density at radius 1 is 1.40 bits per heavy atom. The molecular formula is C12H11NO2. The van der Waals surface area contributed by atoms with E-state index >= 15 is 0 Å². The van der Waals surface area contributed by atoms with Crippen molar-refractivity contribution in [3.63, 3.8) is 0 Å². The van der Waals surface area contributed by atoms with E-state index in [-0.39, 0.29) is 11.5 Å². The smallest absolute Gasteiger partial charge is 0.189 e. The Bertz CT molecular complexity index is 573. The van der Waals surface area contributed by atoms with E-state index in [9.17, 15) is 4.79 Å². The molecule has 0 spiro atoms. The number of pyridine rings is 1. The van der Waals surface area contributed by atoms with Gasteiger partial charge in [0.15, 0.2) is 5.43 Å². The number of nitrogens with zero attached hydrogens (tertiary/aromatic N) is 1. The Balaban J connectivity index is 2.47. The lowest BCUT2D eigenvalue weighted by Gasteiger charge is -2.25. The van der Waals surface area contributed by atoms with Crippen molar-refractivity contribution in [1.29, 1.82) is 0 Å². The SMILES string of the molecule is CC1Cn2ccc(=O)c3cccc(c32)O1. The average Bonchev–Trinajstić information content (AvgIpc) is 2.23. The molecule has 3 rings (SSSR count). The molecule has 1 aliphatic heterocycles. The summed E-state index contributed by atoms with van der Waals surface area (Å²) in [5.74, 6) is 0.809. The average molecular weight is 201 g/mol. The fraction of sp³-hybridized carbons (Fsp3) is 0.250. The van der Waals surface area contributed by atoms with Crippen LogP contribution >= 0.6 is 0 Å². The largest absolute Gasteiger partial charge is 0.487 e. The molecule has 3 nitrogen and oxygen atoms in total. The predicted molar refractivity (Wildman–Crippen MR) is 58.3 cm³/mol. The second kappa shape index (κ2) is 2.86. The van der Waals surface area contributed by atoms with Gasteiger partial charge in [0, 0.05) is 17.6 Å². The maximum Gasteiger partial charge on any atom is 0.189 e. The van der Waals surface area contributed by atoms with Crippen LogP contribution in [0.5, 0.6) is 5.75 Å². The van der Waals surface area contributed by atoms with Gasteiger partial charge in [0.2, 0.25) is 0 Å². The first-order valence-electron chi connectivity index (χ1n) is 5.04. The minimum atomic E-state index is 0.0567. The van der Waals surface area contributed by atoms with Gasteiger partial charge >= 0.3 is 0 Å². The van der Waals surface area contributed by atoms with Crippen molar-refractivity contribution in [2.24, 2.45) is 0 Å². The number of benzene rings is 1. The van der Waals surface area contributed by atoms with E-state index in [1.807, 2.05) is 31.3 Å². The van der Waals surface area contributed by atoms with Gasteiger partial charge in [-0.05, 0) is 19.1 Å². The van der Waals surface area contributed by atoms with Crippen LogP contribution in [0.4, 0.5) is 0 Å². The molecule has 0 saturated carbocycles. The van der Waals surface area contributed by atoms with Gasteiger partial charge < -0.3 is 9.30 Å². The number of ether oxygens (including phenoxy) is 1. The van der Waals surface area contributed by atoms with Gasteiger partial charge in [0.05, 0.1) is 12.1 Å². The lowest BCUT2D eigenvalue weighted by Crippen LogP contribution is -2.26. The third-order valence-electron chi connectivity index (χ3n) is 2.74. The van der Waals surface area contributed by atoms with Gasteiger partial charge in [-0.15, -0.1) is 0 Å². The van der Waals surface area contributed by atoms with Crippen molar-refractivity contribution >= 4 is 10.9 Å². The molecule has 0 amide bonds. The summed E-state index contributed by atoms with van der Waals surface area (Å²) in [6.45, 7) is 2.83. The van der Waals surface area contributed by atoms with Gasteiger partial charge in [0.25, 0.3) is 0 Å². The van der Waals surface area contributed by atoms with E-state index < -0.39 is 0 Å². The Hall–Kier alpha value is -1.77. The normalized spacial score (nSPS) is 18.9. The maximum atomic E-state index is 11.6. The van der Waals surface area contributed by atoms with Crippen LogP contribution in [0.15, 0.2) is 35.3 Å². The third kappa shape index (κ3) is 1.16. The Labute approximate surface area is 86.9 Å². The van der Waals surface area contributed by atoms with Gasteiger partial charge in [-0.3, -0.25) is 4.79 Å². The Morgan fingerprint density at radius 2 is 2.27 bits per heavy atom. The van der Waals surface area contributed by atoms with E-state index in [0.717, 1.165) is 23.2 Å². The number of hydrogen-bond acceptors (Lipinski definition) is 2. The Morgan fingerprint density at radius 3 is 3.13 bits per heavy atom. The van der Waals surface area contributed by atoms with Crippen LogP contribution in [-0.2, 0) is 6.54 Å². The minimum absolute atomic E-state index is 0.0567. The van der Waals surface area contributed by atoms with Crippen LogP contribution < -0.4 is 10.2 Å². The van der Waals surface area contributed by atoms with Crippen molar-refractivity contribution < 1.29 is 4.74 Å². The molecule has 2 aromatic rings. The maximum absolute atomic E-state index is 11.6. The first-order valence-corrected chi connectivity index (χ1v) is 5.04. The number of aromatic nitrogens is 1. The van der Waals surface area contributed by atoms with Crippen molar-refractivity contribution in [3.8, 4) is 5.75 Å². The topological polar surface area (TPSA) is 31.2 Å². The van der Waals surface area contributed by atoms with E-state index in [2.05, 4.69) is 4.57 Å². The fourth-order valence-electron chi connectivity index (χ4n) is 2.12. The highest BCUT2D eigenvalue weighted by Crippen LogP contribution is 2.28. The van der Waals surface area contributed by atoms with Crippen molar-refractivity contribution in [3.05, 3.63) is 40.7 Å². The molecule has 0 fully saturated rings. The zero-order chi connectivity index (χ0) is 10.4. The molecule has 0 N–H and O–H groups in total. The number of para-hydroxylation sites is 1. The molecule has 0 bridgehead atoms. The molecule has 1 unspecified atom stereocenters. The highest BCUT2D eigenvalue weighted by Gasteiger charge is 2.17. The first kappa shape index (κ1) is 8.53. The number of hydrogen-bond donors (Lipinski definition) is 0. The summed E-state index contributed by atoms with van der Waals surface area (Å²) >= 11 is 0. The van der Waals surface area contributed by atoms with Gasteiger partial charge in [0.1, 0.15) is 11.9 Å². The van der Waals surface area contributed by atoms with E-state index in [0.29, 0.717) is 0 Å². The zero-order valence-electron chi connectivity index (χ0n) is 8.43. The summed E-state index contributed by atoms with van der Waals surface area (Å²) in [7, 11) is 0. The molecule has 2 heterocycles. The van der Waals surface area contributed by atoms with Gasteiger partial charge in [-0.1, -0.05) is 6.07 Å². The zero-order valence-corrected chi connectivity index (χ0v) is 8.43. The second-order valence-corrected chi connectivity index (χ2v) is 3.91. The van der Waals surface area contributed by atoms with Crippen LogP contribution in [0, 0.1) is 0 Å². The molecule has 3 heteroatoms. The molecular weight excluding hydrogens is 190 g/mol. The van der Waals surface area contributed by atoms with Crippen LogP contribution in [-0.4, -0.2) is 10.7 Å². The van der Waals surface area contributed by atoms with E-state index in [1.165, 1.54) is 0 Å². The molecule has 0 saturated heterocycles. The summed E-state index contributed by atoms with van der Waals surface area (Å²) in [5.41, 5.74) is 0.976. The summed E-state index contributed by atoms with van der Waals surface area (Å²) in [6, 6.07) is 7.23. The first-order chi connectivity index (χ1) is 7.25. The molecule has 0 radical (unpaired) electrons. The molecule has 1 atom stereocenters. The summed E-state index contributed by atoms with van der Waals surface area (Å²) in [5, 5.41) is 0.738. The minimum Gasteiger partial charge on any atom is -0.487 e. The molecule has 0 aliphatic carbocycles. The van der Waals surface area contributed by atoms with Crippen molar-refractivity contribution in [2.45, 2.75) is 19.6 Å². The van der Waals surface area contributed by atoms with Gasteiger partial charge in [-0.2, -0.15) is 0 Å². The van der Waals surface area contributed by atoms with Crippen molar-refractivity contribution in [2.75, 3.05) is 0 Å². The monoisotopic (exact) mass is 201 g/mol. The lowest BCUT2D eigenvalue weighted by molar-refractivity contribution is 0.189. The number of rotatable bonds is 0. The van der Waals surface area contributed by atoms with Crippen LogP contribution in [0.1, 0.15) is 6.92 Å². The van der Waals surface area contributed by atoms with Gasteiger partial charge in [-0.25, -0.2) is 0 Å². The predicted octanol–water partition coefficient (Wildman–Crippen LogP) is 1.78. The molecule has 1 aromatic carbocycles. The second-order valence-electron chi connectivity index (χ2n) is 3.91. The molecule has 1 aliphatic rings. The molecule has 1 aromatic heterocycles. The summed E-state index contributed by atoms with van der Waals surface area (Å²) in [4.78, 5) is 11.6. The fourth-order valence-corrected chi connectivity index (χ4v) is 2.12. The van der Waals surface area contributed by atoms with Crippen LogP contribution in [0.25, 0.3) is 10.9 Å². The van der Waals surface area contributed by atoms with Crippen molar-refractivity contribution in [1.82, 2.24) is 4.57 Å². The Kier molecular flexibility index (Phi) is 1.63. The molecule has 15 heavy (non-hydrogen) atoms. The quantitative estimate of drug-likeness (QED) is 0.650. The molecule has 76 valence electrons. The van der Waals surface area contributed by atoms with Crippen LogP contribution in [0.2, 0.25) is 0 Å². The standard InChI is InChI=1S/C12H11NO2/c1-8-7-13-6-5-10(14)9-3-2-4-11(15-8)12(9)13/h2-6,8H,7H2,1H3. The highest BCUT2D eigenvalue weighted by atomic mass is 16.5. The van der Waals surface area contributed by atoms with E-state index in [4.69, 9.17) is 4.74 Å². The van der Waals surface area contributed by atoms with Crippen LogP contribution in [0.3, 0.4) is 0 Å².